The van der Waals surface area contributed by atoms with Gasteiger partial charge in [0, 0.05) is 7.05 Å². The minimum atomic E-state index is -1.06. The summed E-state index contributed by atoms with van der Waals surface area (Å²) in [5.74, 6) is -1.96. The van der Waals surface area contributed by atoms with E-state index in [1.807, 2.05) is 18.2 Å². The average Bonchev–Trinajstić information content (AvgIpc) is 3.14. The lowest BCUT2D eigenvalue weighted by Gasteiger charge is -2.28. The Morgan fingerprint density at radius 3 is 1.94 bits per heavy atom. The van der Waals surface area contributed by atoms with Crippen LogP contribution in [0.25, 0.3) is 5.69 Å². The maximum Gasteiger partial charge on any atom is 0.295 e. The van der Waals surface area contributed by atoms with E-state index >= 15 is 0 Å². The van der Waals surface area contributed by atoms with Gasteiger partial charge >= 0.3 is 0 Å². The largest absolute Gasteiger partial charge is 0.318 e. The van der Waals surface area contributed by atoms with E-state index in [9.17, 15) is 19.2 Å². The first kappa shape index (κ1) is 21.3. The lowest BCUT2D eigenvalue weighted by Crippen LogP contribution is -2.50. The number of hydrogen-bond acceptors (Lipinski definition) is 4. The lowest BCUT2D eigenvalue weighted by atomic mass is 10.0. The Morgan fingerprint density at radius 1 is 0.875 bits per heavy atom. The fraction of sp³-hybridized carbons (Fsp3) is 0.250. The number of nitrogens with zero attached hydrogens (tertiary/aromatic N) is 3. The van der Waals surface area contributed by atoms with E-state index in [4.69, 9.17) is 0 Å². The molecular weight excluding hydrogens is 408 g/mol. The molecule has 1 aliphatic heterocycles. The molecule has 0 unspecified atom stereocenters. The summed E-state index contributed by atoms with van der Waals surface area (Å²) in [5.41, 5.74) is 1.48. The molecule has 2 aromatic carbocycles. The third-order valence-corrected chi connectivity index (χ3v) is 5.81. The van der Waals surface area contributed by atoms with Crippen molar-refractivity contribution in [3.63, 3.8) is 0 Å². The molecule has 1 aromatic heterocycles. The number of para-hydroxylation sites is 1. The van der Waals surface area contributed by atoms with Crippen molar-refractivity contribution in [2.24, 2.45) is 13.0 Å². The van der Waals surface area contributed by atoms with E-state index in [0.29, 0.717) is 11.4 Å². The van der Waals surface area contributed by atoms with Crippen LogP contribution in [0.3, 0.4) is 0 Å². The molecule has 1 aliphatic rings. The molecule has 164 valence electrons. The van der Waals surface area contributed by atoms with Gasteiger partial charge in [-0.3, -0.25) is 28.8 Å². The predicted octanol–water partition coefficient (Wildman–Crippen LogP) is 2.74. The van der Waals surface area contributed by atoms with E-state index in [1.165, 1.54) is 4.68 Å². The molecule has 3 amide bonds. The van der Waals surface area contributed by atoms with Gasteiger partial charge < -0.3 is 5.32 Å². The summed E-state index contributed by atoms with van der Waals surface area (Å²) >= 11 is 0. The first-order chi connectivity index (χ1) is 15.2. The fourth-order valence-corrected chi connectivity index (χ4v) is 4.09. The number of nitrogens with one attached hydrogen (secondary N) is 1. The van der Waals surface area contributed by atoms with Gasteiger partial charge in [-0.1, -0.05) is 44.2 Å². The highest BCUT2D eigenvalue weighted by Crippen LogP contribution is 2.28. The standard InChI is InChI=1S/C24H24N4O4/c1-14(2)20(27-22(30)17-12-8-9-13-18(17)23(27)31)21(29)25-19-15(3)26(4)28(24(19)32)16-10-6-5-7-11-16/h5-14,20H,1-4H3,(H,25,29)/t20-/m0/s1. The third kappa shape index (κ3) is 3.24. The summed E-state index contributed by atoms with van der Waals surface area (Å²) < 4.78 is 3.11. The molecule has 8 heteroatoms. The molecule has 0 fully saturated rings. The Hall–Kier alpha value is -3.94. The van der Waals surface area contributed by atoms with Crippen molar-refractivity contribution in [1.29, 1.82) is 0 Å². The molecule has 3 aromatic rings. The van der Waals surface area contributed by atoms with Crippen molar-refractivity contribution in [1.82, 2.24) is 14.3 Å². The maximum absolute atomic E-state index is 13.3. The number of anilines is 1. The van der Waals surface area contributed by atoms with Crippen LogP contribution in [0, 0.1) is 12.8 Å². The molecule has 1 atom stereocenters. The van der Waals surface area contributed by atoms with Gasteiger partial charge in [0.15, 0.2) is 0 Å². The Bertz CT molecular complexity index is 1250. The molecule has 0 saturated heterocycles. The second-order valence-electron chi connectivity index (χ2n) is 8.14. The second-order valence-corrected chi connectivity index (χ2v) is 8.14. The van der Waals surface area contributed by atoms with Gasteiger partial charge in [-0.15, -0.1) is 0 Å². The van der Waals surface area contributed by atoms with Crippen molar-refractivity contribution in [3.05, 3.63) is 81.8 Å². The first-order valence-corrected chi connectivity index (χ1v) is 10.4. The van der Waals surface area contributed by atoms with Crippen LogP contribution in [-0.2, 0) is 11.8 Å². The molecule has 0 saturated carbocycles. The van der Waals surface area contributed by atoms with E-state index in [1.54, 1.807) is 68.9 Å². The smallest absolute Gasteiger partial charge is 0.295 e. The molecule has 0 spiro atoms. The quantitative estimate of drug-likeness (QED) is 0.628. The lowest BCUT2D eigenvalue weighted by molar-refractivity contribution is -0.121. The van der Waals surface area contributed by atoms with Crippen LogP contribution in [0.2, 0.25) is 0 Å². The highest BCUT2D eigenvalue weighted by Gasteiger charge is 2.44. The first-order valence-electron chi connectivity index (χ1n) is 10.4. The second kappa shape index (κ2) is 7.96. The van der Waals surface area contributed by atoms with E-state index in [0.717, 1.165) is 4.90 Å². The molecule has 2 heterocycles. The summed E-state index contributed by atoms with van der Waals surface area (Å²) in [6.07, 6.45) is 0. The summed E-state index contributed by atoms with van der Waals surface area (Å²) in [7, 11) is 1.73. The number of rotatable bonds is 5. The zero-order valence-corrected chi connectivity index (χ0v) is 18.3. The number of hydrogen-bond donors (Lipinski definition) is 1. The van der Waals surface area contributed by atoms with Gasteiger partial charge in [0.05, 0.1) is 22.5 Å². The van der Waals surface area contributed by atoms with Gasteiger partial charge in [0.1, 0.15) is 11.7 Å². The minimum Gasteiger partial charge on any atom is -0.318 e. The van der Waals surface area contributed by atoms with Crippen LogP contribution in [0.1, 0.15) is 40.3 Å². The fourth-order valence-electron chi connectivity index (χ4n) is 4.09. The number of fused-ring (bicyclic) bond motifs is 1. The van der Waals surface area contributed by atoms with Crippen molar-refractivity contribution in [2.75, 3.05) is 5.32 Å². The Morgan fingerprint density at radius 2 is 1.41 bits per heavy atom. The zero-order valence-electron chi connectivity index (χ0n) is 18.3. The number of aromatic nitrogens is 2. The van der Waals surface area contributed by atoms with Crippen LogP contribution >= 0.6 is 0 Å². The minimum absolute atomic E-state index is 0.114. The summed E-state index contributed by atoms with van der Waals surface area (Å²) in [6.45, 7) is 5.24. The van der Waals surface area contributed by atoms with Gasteiger partial charge in [0.2, 0.25) is 5.91 Å². The number of amides is 3. The normalized spacial score (nSPS) is 14.1. The number of imide groups is 1. The average molecular weight is 432 g/mol. The monoisotopic (exact) mass is 432 g/mol. The Kier molecular flexibility index (Phi) is 5.30. The van der Waals surface area contributed by atoms with Crippen LogP contribution in [0.4, 0.5) is 5.69 Å². The topological polar surface area (TPSA) is 93.4 Å². The molecule has 0 aliphatic carbocycles. The van der Waals surface area contributed by atoms with E-state index in [-0.39, 0.29) is 22.7 Å². The highest BCUT2D eigenvalue weighted by molar-refractivity contribution is 6.23. The van der Waals surface area contributed by atoms with Crippen molar-refractivity contribution < 1.29 is 14.4 Å². The molecule has 4 rings (SSSR count). The third-order valence-electron chi connectivity index (χ3n) is 5.81. The SMILES string of the molecule is Cc1c(NC(=O)[C@H](C(C)C)N2C(=O)c3ccccc3C2=O)c(=O)n(-c2ccccc2)n1C. The maximum atomic E-state index is 13.3. The van der Waals surface area contributed by atoms with Gasteiger partial charge in [-0.25, -0.2) is 4.68 Å². The predicted molar refractivity (Wildman–Crippen MR) is 120 cm³/mol. The van der Waals surface area contributed by atoms with Crippen LogP contribution in [0.5, 0.6) is 0 Å². The Balaban J connectivity index is 1.70. The van der Waals surface area contributed by atoms with Crippen molar-refractivity contribution >= 4 is 23.4 Å². The molecule has 1 N–H and O–H groups in total. The van der Waals surface area contributed by atoms with Crippen LogP contribution in [-0.4, -0.2) is 38.0 Å². The van der Waals surface area contributed by atoms with E-state index in [2.05, 4.69) is 5.32 Å². The van der Waals surface area contributed by atoms with Crippen LogP contribution < -0.4 is 10.9 Å². The summed E-state index contributed by atoms with van der Waals surface area (Å²) in [6, 6.07) is 14.5. The zero-order chi connectivity index (χ0) is 23.2. The van der Waals surface area contributed by atoms with Gasteiger partial charge in [-0.05, 0) is 37.1 Å². The van der Waals surface area contributed by atoms with Crippen molar-refractivity contribution in [2.45, 2.75) is 26.8 Å². The summed E-state index contributed by atoms with van der Waals surface area (Å²) in [4.78, 5) is 53.4. The number of carbonyl (C=O) groups excluding carboxylic acids is 3. The highest BCUT2D eigenvalue weighted by atomic mass is 16.2. The molecule has 0 radical (unpaired) electrons. The van der Waals surface area contributed by atoms with Crippen molar-refractivity contribution in [3.8, 4) is 5.69 Å². The molecule has 8 nitrogen and oxygen atoms in total. The van der Waals surface area contributed by atoms with Gasteiger partial charge in [0.25, 0.3) is 17.4 Å². The number of benzene rings is 2. The summed E-state index contributed by atoms with van der Waals surface area (Å²) in [5, 5.41) is 2.70. The van der Waals surface area contributed by atoms with Gasteiger partial charge in [-0.2, -0.15) is 0 Å². The number of carbonyl (C=O) groups is 3. The van der Waals surface area contributed by atoms with Crippen LogP contribution in [0.15, 0.2) is 59.4 Å². The molecule has 32 heavy (non-hydrogen) atoms. The Labute approximate surface area is 185 Å². The molecular formula is C24H24N4O4. The molecule has 0 bridgehead atoms. The van der Waals surface area contributed by atoms with E-state index < -0.39 is 29.3 Å².